The highest BCUT2D eigenvalue weighted by Gasteiger charge is 2.22. The highest BCUT2D eigenvalue weighted by molar-refractivity contribution is 5.97. The maximum Gasteiger partial charge on any atom is 0.251 e. The summed E-state index contributed by atoms with van der Waals surface area (Å²) in [5.41, 5.74) is 11.5. The average molecular weight is 446 g/mol. The van der Waals surface area contributed by atoms with E-state index >= 15 is 0 Å². The third-order valence-corrected chi connectivity index (χ3v) is 6.85. The van der Waals surface area contributed by atoms with Crippen LogP contribution in [-0.4, -0.2) is 55.1 Å². The van der Waals surface area contributed by atoms with Gasteiger partial charge in [-0.15, -0.1) is 0 Å². The van der Waals surface area contributed by atoms with E-state index in [9.17, 15) is 9.18 Å². The van der Waals surface area contributed by atoms with E-state index in [2.05, 4.69) is 34.1 Å². The second kappa shape index (κ2) is 8.48. The van der Waals surface area contributed by atoms with E-state index in [0.29, 0.717) is 29.3 Å². The average Bonchev–Trinajstić information content (AvgIpc) is 2.81. The molecule has 3 aromatic rings. The van der Waals surface area contributed by atoms with Crippen molar-refractivity contribution in [1.29, 1.82) is 0 Å². The summed E-state index contributed by atoms with van der Waals surface area (Å²) < 4.78 is 14.8. The Kier molecular flexibility index (Phi) is 5.50. The quantitative estimate of drug-likeness (QED) is 0.603. The fourth-order valence-electron chi connectivity index (χ4n) is 4.67. The first-order valence-electron chi connectivity index (χ1n) is 11.3. The molecular weight excluding hydrogens is 417 g/mol. The molecule has 0 saturated carbocycles. The maximum absolute atomic E-state index is 14.8. The van der Waals surface area contributed by atoms with Gasteiger partial charge < -0.3 is 20.9 Å². The molecule has 0 bridgehead atoms. The van der Waals surface area contributed by atoms with Gasteiger partial charge in [-0.25, -0.2) is 4.98 Å². The second-order valence-corrected chi connectivity index (χ2v) is 8.96. The Morgan fingerprint density at radius 2 is 1.79 bits per heavy atom. The lowest BCUT2D eigenvalue weighted by Crippen LogP contribution is -2.50. The minimum Gasteiger partial charge on any atom is -0.383 e. The number of likely N-dealkylation sites (N-methyl/N-ethyl adjacent to an activating group) is 1. The van der Waals surface area contributed by atoms with Crippen molar-refractivity contribution in [3.8, 4) is 22.3 Å². The summed E-state index contributed by atoms with van der Waals surface area (Å²) in [5.74, 6) is -0.516. The molecule has 1 amide bonds. The summed E-state index contributed by atoms with van der Waals surface area (Å²) in [6.07, 6.45) is 0.753. The van der Waals surface area contributed by atoms with Crippen molar-refractivity contribution in [2.24, 2.45) is 0 Å². The zero-order valence-corrected chi connectivity index (χ0v) is 18.9. The molecule has 170 valence electrons. The van der Waals surface area contributed by atoms with Gasteiger partial charge in [0.2, 0.25) is 5.95 Å². The number of pyridine rings is 1. The number of hydrogen-bond donors (Lipinski definition) is 2. The zero-order chi connectivity index (χ0) is 23.1. The number of nitrogens with zero attached hydrogens (tertiary/aromatic N) is 3. The van der Waals surface area contributed by atoms with Gasteiger partial charge >= 0.3 is 0 Å². The number of hydrogen-bond acceptors (Lipinski definition) is 5. The molecule has 33 heavy (non-hydrogen) atoms. The van der Waals surface area contributed by atoms with Crippen LogP contribution in [0.2, 0.25) is 0 Å². The Bertz CT molecular complexity index is 1210. The van der Waals surface area contributed by atoms with Gasteiger partial charge in [0.05, 0.1) is 0 Å². The Morgan fingerprint density at radius 3 is 2.55 bits per heavy atom. The fourth-order valence-corrected chi connectivity index (χ4v) is 4.67. The molecule has 2 aromatic carbocycles. The van der Waals surface area contributed by atoms with Crippen molar-refractivity contribution in [2.45, 2.75) is 19.4 Å². The number of rotatable bonds is 3. The molecule has 1 fully saturated rings. The number of carbonyl (C=O) groups is 1. The van der Waals surface area contributed by atoms with Gasteiger partial charge in [0, 0.05) is 54.6 Å². The summed E-state index contributed by atoms with van der Waals surface area (Å²) in [4.78, 5) is 20.8. The van der Waals surface area contributed by atoms with Gasteiger partial charge in [0.1, 0.15) is 5.82 Å². The molecule has 0 spiro atoms. The summed E-state index contributed by atoms with van der Waals surface area (Å²) >= 11 is 0. The van der Waals surface area contributed by atoms with E-state index in [-0.39, 0.29) is 11.7 Å². The topological polar surface area (TPSA) is 74.5 Å². The van der Waals surface area contributed by atoms with Crippen molar-refractivity contribution in [2.75, 3.05) is 43.9 Å². The minimum absolute atomic E-state index is 0.0662. The molecule has 5 rings (SSSR count). The van der Waals surface area contributed by atoms with E-state index in [1.807, 2.05) is 36.4 Å². The summed E-state index contributed by atoms with van der Waals surface area (Å²) in [7, 11) is 2.15. The van der Waals surface area contributed by atoms with E-state index in [0.717, 1.165) is 48.4 Å². The largest absolute Gasteiger partial charge is 0.383 e. The Hall–Kier alpha value is -3.45. The van der Waals surface area contributed by atoms with Gasteiger partial charge in [-0.2, -0.15) is 4.39 Å². The number of halogens is 1. The normalized spacial score (nSPS) is 18.7. The van der Waals surface area contributed by atoms with Crippen LogP contribution in [0.4, 0.5) is 15.9 Å². The number of benzene rings is 2. The van der Waals surface area contributed by atoms with Crippen LogP contribution in [0.15, 0.2) is 48.5 Å². The summed E-state index contributed by atoms with van der Waals surface area (Å²) in [6.45, 7) is 5.79. The van der Waals surface area contributed by atoms with Gasteiger partial charge in [-0.1, -0.05) is 24.3 Å². The number of nitrogen functional groups attached to an aromatic ring is 1. The number of aromatic nitrogens is 1. The lowest BCUT2D eigenvalue weighted by atomic mass is 9.94. The molecule has 1 atom stereocenters. The zero-order valence-electron chi connectivity index (χ0n) is 18.9. The number of carbonyl (C=O) groups excluding carboxylic acids is 1. The van der Waals surface area contributed by atoms with Gasteiger partial charge in [0.25, 0.3) is 5.91 Å². The number of nitrogens with two attached hydrogens (primary N) is 1. The first kappa shape index (κ1) is 21.4. The van der Waals surface area contributed by atoms with Crippen LogP contribution >= 0.6 is 0 Å². The van der Waals surface area contributed by atoms with Crippen LogP contribution in [0.3, 0.4) is 0 Å². The van der Waals surface area contributed by atoms with Crippen molar-refractivity contribution < 1.29 is 9.18 Å². The number of anilines is 2. The van der Waals surface area contributed by atoms with Crippen molar-refractivity contribution >= 4 is 17.4 Å². The second-order valence-electron chi connectivity index (χ2n) is 8.96. The Morgan fingerprint density at radius 1 is 1.03 bits per heavy atom. The third-order valence-electron chi connectivity index (χ3n) is 6.85. The van der Waals surface area contributed by atoms with Gasteiger partial charge in [-0.3, -0.25) is 4.79 Å². The fraction of sp³-hybridized carbons (Fsp3) is 0.308. The highest BCUT2D eigenvalue weighted by atomic mass is 19.1. The maximum atomic E-state index is 14.8. The van der Waals surface area contributed by atoms with Crippen LogP contribution in [-0.2, 0) is 6.42 Å². The summed E-state index contributed by atoms with van der Waals surface area (Å²) in [6, 6.07) is 15.8. The van der Waals surface area contributed by atoms with Crippen LogP contribution < -0.4 is 16.0 Å². The molecule has 2 aliphatic rings. The molecule has 6 nitrogen and oxygen atoms in total. The molecule has 0 unspecified atom stereocenters. The van der Waals surface area contributed by atoms with E-state index < -0.39 is 5.95 Å². The van der Waals surface area contributed by atoms with Crippen LogP contribution in [0.1, 0.15) is 22.8 Å². The lowest BCUT2D eigenvalue weighted by Gasteiger charge is -2.39. The predicted octanol–water partition coefficient (Wildman–Crippen LogP) is 3.56. The highest BCUT2D eigenvalue weighted by Crippen LogP contribution is 2.34. The lowest BCUT2D eigenvalue weighted by molar-refractivity contribution is 0.0946. The van der Waals surface area contributed by atoms with E-state index in [1.54, 1.807) is 12.1 Å². The van der Waals surface area contributed by atoms with Crippen LogP contribution in [0, 0.1) is 5.95 Å². The van der Waals surface area contributed by atoms with Gasteiger partial charge in [0.15, 0.2) is 0 Å². The SMILES string of the molecule is C[C@H]1CN(c2ccc(-c3cc(-c4ccc5c(c4)CCNC5=O)c(N)nc3F)cc2)CCN1C. The third kappa shape index (κ3) is 4.04. The van der Waals surface area contributed by atoms with Crippen molar-refractivity contribution in [3.05, 3.63) is 65.6 Å². The molecule has 3 heterocycles. The van der Waals surface area contributed by atoms with Gasteiger partial charge in [-0.05, 0) is 61.3 Å². The van der Waals surface area contributed by atoms with Crippen molar-refractivity contribution in [3.63, 3.8) is 0 Å². The van der Waals surface area contributed by atoms with E-state index in [1.165, 1.54) is 0 Å². The smallest absolute Gasteiger partial charge is 0.251 e. The molecule has 7 heteroatoms. The Balaban J connectivity index is 1.46. The summed E-state index contributed by atoms with van der Waals surface area (Å²) in [5, 5.41) is 2.85. The van der Waals surface area contributed by atoms with Crippen LogP contribution in [0.5, 0.6) is 0 Å². The molecular formula is C26H28FN5O. The number of fused-ring (bicyclic) bond motifs is 1. The molecule has 0 radical (unpaired) electrons. The van der Waals surface area contributed by atoms with Crippen molar-refractivity contribution in [1.82, 2.24) is 15.2 Å². The van der Waals surface area contributed by atoms with Crippen LogP contribution in [0.25, 0.3) is 22.3 Å². The molecule has 0 aliphatic carbocycles. The Labute approximate surface area is 193 Å². The first-order chi connectivity index (χ1) is 15.9. The monoisotopic (exact) mass is 445 g/mol. The van der Waals surface area contributed by atoms with E-state index in [4.69, 9.17) is 5.73 Å². The molecule has 3 N–H and O–H groups in total. The number of amides is 1. The molecule has 2 aliphatic heterocycles. The standard InChI is InChI=1S/C26H28FN5O/c1-16-15-32(12-11-31(16)2)20-6-3-17(4-7-20)22-14-23(25(28)30-24(22)27)18-5-8-21-19(13-18)9-10-29-26(21)33/h3-8,13-14,16H,9-12,15H2,1-2H3,(H2,28,30)(H,29,33)/t16-/m0/s1. The first-order valence-corrected chi connectivity index (χ1v) is 11.3. The number of nitrogens with one attached hydrogen (secondary N) is 1. The molecule has 1 aromatic heterocycles. The molecule has 1 saturated heterocycles. The number of piperazine rings is 1. The minimum atomic E-state index is -0.588. The predicted molar refractivity (Wildman–Crippen MR) is 130 cm³/mol.